The van der Waals surface area contributed by atoms with Crippen molar-refractivity contribution in [2.45, 2.75) is 18.6 Å². The lowest BCUT2D eigenvalue weighted by Gasteiger charge is -2.27. The van der Waals surface area contributed by atoms with Crippen molar-refractivity contribution in [3.05, 3.63) is 28.2 Å². The fourth-order valence-electron chi connectivity index (χ4n) is 3.25. The standard InChI is InChI=1S/C15H21BrN2O3S/c1-18-7-10(6-17)4-14(18)11-2-3-15(13(16)5-11)21-12-8-22(19,20)9-12/h2-3,5,10,12,14H,4,6-9,17H2,1H3. The Morgan fingerprint density at radius 3 is 2.68 bits per heavy atom. The van der Waals surface area contributed by atoms with E-state index in [9.17, 15) is 8.42 Å². The fourth-order valence-corrected chi connectivity index (χ4v) is 4.91. The van der Waals surface area contributed by atoms with Crippen LogP contribution in [0.15, 0.2) is 22.7 Å². The molecule has 2 aliphatic heterocycles. The second-order valence-electron chi connectivity index (χ2n) is 6.30. The van der Waals surface area contributed by atoms with Gasteiger partial charge >= 0.3 is 0 Å². The number of sulfone groups is 1. The van der Waals surface area contributed by atoms with Crippen molar-refractivity contribution in [2.24, 2.45) is 11.7 Å². The van der Waals surface area contributed by atoms with Gasteiger partial charge in [-0.15, -0.1) is 0 Å². The lowest BCUT2D eigenvalue weighted by molar-refractivity contribution is 0.228. The zero-order valence-corrected chi connectivity index (χ0v) is 14.9. The highest BCUT2D eigenvalue weighted by Gasteiger charge is 2.35. The Labute approximate surface area is 139 Å². The van der Waals surface area contributed by atoms with Crippen molar-refractivity contribution in [2.75, 3.05) is 31.6 Å². The summed E-state index contributed by atoms with van der Waals surface area (Å²) in [6.07, 6.45) is 0.850. The van der Waals surface area contributed by atoms with Crippen LogP contribution in [0.2, 0.25) is 0 Å². The molecule has 5 nitrogen and oxygen atoms in total. The minimum absolute atomic E-state index is 0.116. The number of nitrogens with two attached hydrogens (primary N) is 1. The highest BCUT2D eigenvalue weighted by molar-refractivity contribution is 9.10. The van der Waals surface area contributed by atoms with E-state index in [1.54, 1.807) is 0 Å². The van der Waals surface area contributed by atoms with Gasteiger partial charge in [0.15, 0.2) is 9.84 Å². The fraction of sp³-hybridized carbons (Fsp3) is 0.600. The maximum Gasteiger partial charge on any atom is 0.157 e. The normalized spacial score (nSPS) is 28.5. The molecule has 2 saturated heterocycles. The van der Waals surface area contributed by atoms with Gasteiger partial charge in [0.25, 0.3) is 0 Å². The van der Waals surface area contributed by atoms with Gasteiger partial charge in [0, 0.05) is 12.6 Å². The van der Waals surface area contributed by atoms with E-state index in [2.05, 4.69) is 40.0 Å². The second kappa shape index (κ2) is 6.11. The van der Waals surface area contributed by atoms with Crippen LogP contribution >= 0.6 is 15.9 Å². The van der Waals surface area contributed by atoms with Crippen molar-refractivity contribution in [1.82, 2.24) is 4.90 Å². The summed E-state index contributed by atoms with van der Waals surface area (Å²) < 4.78 is 29.0. The molecule has 2 unspecified atom stereocenters. The van der Waals surface area contributed by atoms with Crippen LogP contribution in [0.3, 0.4) is 0 Å². The van der Waals surface area contributed by atoms with Crippen LogP contribution in [0.5, 0.6) is 5.75 Å². The predicted octanol–water partition coefficient (Wildman–Crippen LogP) is 1.58. The molecule has 2 N–H and O–H groups in total. The highest BCUT2D eigenvalue weighted by atomic mass is 79.9. The third kappa shape index (κ3) is 3.32. The Morgan fingerprint density at radius 2 is 2.14 bits per heavy atom. The molecule has 2 atom stereocenters. The monoisotopic (exact) mass is 388 g/mol. The zero-order valence-electron chi connectivity index (χ0n) is 12.5. The second-order valence-corrected chi connectivity index (χ2v) is 9.31. The number of halogens is 1. The summed E-state index contributed by atoms with van der Waals surface area (Å²) in [6.45, 7) is 1.75. The molecular formula is C15H21BrN2O3S. The van der Waals surface area contributed by atoms with Gasteiger partial charge in [0.2, 0.25) is 0 Å². The van der Waals surface area contributed by atoms with Crippen LogP contribution in [0.25, 0.3) is 0 Å². The van der Waals surface area contributed by atoms with Crippen LogP contribution in [0.4, 0.5) is 0 Å². The van der Waals surface area contributed by atoms with E-state index in [1.807, 2.05) is 6.07 Å². The van der Waals surface area contributed by atoms with E-state index in [1.165, 1.54) is 5.56 Å². The minimum Gasteiger partial charge on any atom is -0.487 e. The van der Waals surface area contributed by atoms with Crippen LogP contribution in [0.1, 0.15) is 18.0 Å². The summed E-state index contributed by atoms with van der Waals surface area (Å²) in [7, 11) is -0.737. The first-order valence-corrected chi connectivity index (χ1v) is 10.1. The Hall–Kier alpha value is -0.630. The Kier molecular flexibility index (Phi) is 4.51. The molecule has 0 radical (unpaired) electrons. The summed E-state index contributed by atoms with van der Waals surface area (Å²) in [6, 6.07) is 6.44. The average molecular weight is 389 g/mol. The number of hydrogen-bond acceptors (Lipinski definition) is 5. The SMILES string of the molecule is CN1CC(CN)CC1c1ccc(OC2CS(=O)(=O)C2)c(Br)c1. The van der Waals surface area contributed by atoms with E-state index >= 15 is 0 Å². The number of benzene rings is 1. The van der Waals surface area contributed by atoms with E-state index in [0.717, 1.165) is 24.0 Å². The maximum absolute atomic E-state index is 11.2. The van der Waals surface area contributed by atoms with Crippen LogP contribution in [-0.2, 0) is 9.84 Å². The van der Waals surface area contributed by atoms with Crippen LogP contribution in [-0.4, -0.2) is 51.1 Å². The summed E-state index contributed by atoms with van der Waals surface area (Å²) >= 11 is 3.54. The van der Waals surface area contributed by atoms with E-state index < -0.39 is 9.84 Å². The topological polar surface area (TPSA) is 72.6 Å². The number of rotatable bonds is 4. The van der Waals surface area contributed by atoms with Crippen LogP contribution in [0, 0.1) is 5.92 Å². The van der Waals surface area contributed by atoms with Crippen molar-refractivity contribution in [3.8, 4) is 5.75 Å². The van der Waals surface area contributed by atoms with Gasteiger partial charge in [0.05, 0.1) is 16.0 Å². The average Bonchev–Trinajstić information content (AvgIpc) is 2.80. The highest BCUT2D eigenvalue weighted by Crippen LogP contribution is 2.37. The molecule has 3 rings (SSSR count). The first kappa shape index (κ1) is 16.2. The van der Waals surface area contributed by atoms with Crippen LogP contribution < -0.4 is 10.5 Å². The predicted molar refractivity (Wildman–Crippen MR) is 89.7 cm³/mol. The van der Waals surface area contributed by atoms with Gasteiger partial charge in [-0.1, -0.05) is 6.07 Å². The molecular weight excluding hydrogens is 368 g/mol. The lowest BCUT2D eigenvalue weighted by Crippen LogP contribution is -2.45. The molecule has 7 heteroatoms. The third-order valence-electron chi connectivity index (χ3n) is 4.48. The molecule has 2 heterocycles. The maximum atomic E-state index is 11.2. The molecule has 0 aromatic heterocycles. The summed E-state index contributed by atoms with van der Waals surface area (Å²) in [5.41, 5.74) is 7.02. The zero-order chi connectivity index (χ0) is 15.9. The molecule has 0 saturated carbocycles. The minimum atomic E-state index is -2.86. The quantitative estimate of drug-likeness (QED) is 0.847. The molecule has 2 aliphatic rings. The third-order valence-corrected chi connectivity index (χ3v) is 6.86. The molecule has 0 aliphatic carbocycles. The van der Waals surface area contributed by atoms with E-state index in [0.29, 0.717) is 17.7 Å². The summed E-state index contributed by atoms with van der Waals surface area (Å²) in [4.78, 5) is 2.33. The number of nitrogens with zero attached hydrogens (tertiary/aromatic N) is 1. The van der Waals surface area contributed by atoms with Crippen molar-refractivity contribution in [1.29, 1.82) is 0 Å². The van der Waals surface area contributed by atoms with Crippen molar-refractivity contribution in [3.63, 3.8) is 0 Å². The molecule has 0 spiro atoms. The largest absolute Gasteiger partial charge is 0.487 e. The Bertz CT molecular complexity index is 653. The number of ether oxygens (including phenoxy) is 1. The molecule has 122 valence electrons. The van der Waals surface area contributed by atoms with Gasteiger partial charge in [-0.2, -0.15) is 0 Å². The molecule has 0 amide bonds. The van der Waals surface area contributed by atoms with Gasteiger partial charge in [-0.05, 0) is 59.6 Å². The van der Waals surface area contributed by atoms with Gasteiger partial charge in [0.1, 0.15) is 11.9 Å². The number of hydrogen-bond donors (Lipinski definition) is 1. The van der Waals surface area contributed by atoms with E-state index in [-0.39, 0.29) is 17.6 Å². The summed E-state index contributed by atoms with van der Waals surface area (Å²) in [5, 5.41) is 0. The van der Waals surface area contributed by atoms with Crippen molar-refractivity contribution >= 4 is 25.8 Å². The first-order chi connectivity index (χ1) is 10.4. The molecule has 1 aromatic carbocycles. The van der Waals surface area contributed by atoms with Gasteiger partial charge in [-0.25, -0.2) is 8.42 Å². The smallest absolute Gasteiger partial charge is 0.157 e. The molecule has 1 aromatic rings. The molecule has 2 fully saturated rings. The Balaban J connectivity index is 1.70. The van der Waals surface area contributed by atoms with E-state index in [4.69, 9.17) is 10.5 Å². The first-order valence-electron chi connectivity index (χ1n) is 7.45. The molecule has 0 bridgehead atoms. The molecule has 22 heavy (non-hydrogen) atoms. The number of likely N-dealkylation sites (tertiary alicyclic amines) is 1. The lowest BCUT2D eigenvalue weighted by atomic mass is 10.00. The Morgan fingerprint density at radius 1 is 1.41 bits per heavy atom. The van der Waals surface area contributed by atoms with Gasteiger partial charge < -0.3 is 10.5 Å². The van der Waals surface area contributed by atoms with Crippen molar-refractivity contribution < 1.29 is 13.2 Å². The summed E-state index contributed by atoms with van der Waals surface area (Å²) in [5.74, 6) is 1.49. The van der Waals surface area contributed by atoms with Gasteiger partial charge in [-0.3, -0.25) is 4.90 Å².